The minimum atomic E-state index is -0.946. The van der Waals surface area contributed by atoms with E-state index in [2.05, 4.69) is 9.97 Å². The van der Waals surface area contributed by atoms with Crippen molar-refractivity contribution in [3.63, 3.8) is 0 Å². The highest BCUT2D eigenvalue weighted by atomic mass is 16.4. The van der Waals surface area contributed by atoms with E-state index in [0.29, 0.717) is 5.69 Å². The Hall–Kier alpha value is -1.65. The van der Waals surface area contributed by atoms with E-state index in [9.17, 15) is 9.59 Å². The fourth-order valence-electron chi connectivity index (χ4n) is 1.35. The summed E-state index contributed by atoms with van der Waals surface area (Å²) in [4.78, 5) is 28.8. The lowest BCUT2D eigenvalue weighted by Gasteiger charge is -1.97. The summed E-state index contributed by atoms with van der Waals surface area (Å²) in [7, 11) is 0. The van der Waals surface area contributed by atoms with Crippen molar-refractivity contribution in [1.82, 2.24) is 9.97 Å². The minimum absolute atomic E-state index is 0.0701. The Labute approximate surface area is 87.5 Å². The molecule has 0 atom stereocenters. The molecule has 2 N–H and O–H groups in total. The molecular formula is C10H14N2O3. The molecule has 0 aromatic carbocycles. The predicted molar refractivity (Wildman–Crippen MR) is 53.6 cm³/mol. The number of carbonyl (C=O) groups is 2. The van der Waals surface area contributed by atoms with Crippen molar-refractivity contribution in [3.05, 3.63) is 17.2 Å². The standard InChI is InChI=1S/C10H14N2O3/c1-6-9(12-7(2)11-6)5-8(13)3-4-10(14)15/h3-5H2,1-2H3,(H,11,12)(H,14,15). The van der Waals surface area contributed by atoms with Crippen molar-refractivity contribution in [3.8, 4) is 0 Å². The number of Topliss-reactive ketones (excluding diaryl/α,β-unsaturated/α-hetero) is 1. The Morgan fingerprint density at radius 3 is 2.47 bits per heavy atom. The highest BCUT2D eigenvalue weighted by molar-refractivity contribution is 5.84. The van der Waals surface area contributed by atoms with Crippen LogP contribution in [0.25, 0.3) is 0 Å². The van der Waals surface area contributed by atoms with Gasteiger partial charge in [-0.25, -0.2) is 4.98 Å². The number of aliphatic carboxylic acids is 1. The number of rotatable bonds is 5. The van der Waals surface area contributed by atoms with Gasteiger partial charge in [0.15, 0.2) is 0 Å². The van der Waals surface area contributed by atoms with Crippen molar-refractivity contribution in [1.29, 1.82) is 0 Å². The van der Waals surface area contributed by atoms with Gasteiger partial charge in [-0.15, -0.1) is 0 Å². The number of aromatic amines is 1. The average Bonchev–Trinajstić information content (AvgIpc) is 2.42. The van der Waals surface area contributed by atoms with Crippen LogP contribution in [0.2, 0.25) is 0 Å². The van der Waals surface area contributed by atoms with Gasteiger partial charge < -0.3 is 10.1 Å². The lowest BCUT2D eigenvalue weighted by Crippen LogP contribution is -2.07. The molecule has 1 aromatic heterocycles. The van der Waals surface area contributed by atoms with Gasteiger partial charge >= 0.3 is 5.97 Å². The minimum Gasteiger partial charge on any atom is -0.481 e. The zero-order chi connectivity index (χ0) is 11.4. The summed E-state index contributed by atoms with van der Waals surface area (Å²) >= 11 is 0. The molecule has 0 aliphatic carbocycles. The first-order chi connectivity index (χ1) is 6.99. The van der Waals surface area contributed by atoms with Gasteiger partial charge in [0.2, 0.25) is 0 Å². The second kappa shape index (κ2) is 4.72. The van der Waals surface area contributed by atoms with E-state index < -0.39 is 5.97 Å². The number of nitrogens with one attached hydrogen (secondary N) is 1. The summed E-state index contributed by atoms with van der Waals surface area (Å²) < 4.78 is 0. The molecule has 0 spiro atoms. The van der Waals surface area contributed by atoms with E-state index >= 15 is 0 Å². The molecule has 15 heavy (non-hydrogen) atoms. The van der Waals surface area contributed by atoms with Gasteiger partial charge in [-0.1, -0.05) is 0 Å². The number of hydrogen-bond acceptors (Lipinski definition) is 3. The molecule has 82 valence electrons. The van der Waals surface area contributed by atoms with Crippen LogP contribution in [-0.4, -0.2) is 26.8 Å². The lowest BCUT2D eigenvalue weighted by molar-refractivity contribution is -0.138. The summed E-state index contributed by atoms with van der Waals surface area (Å²) in [6.45, 7) is 3.66. The molecule has 1 heterocycles. The van der Waals surface area contributed by atoms with E-state index in [-0.39, 0.29) is 25.0 Å². The zero-order valence-corrected chi connectivity index (χ0v) is 8.83. The summed E-state index contributed by atoms with van der Waals surface area (Å²) in [6, 6.07) is 0. The monoisotopic (exact) mass is 210 g/mol. The Balaban J connectivity index is 2.51. The summed E-state index contributed by atoms with van der Waals surface area (Å²) in [5.41, 5.74) is 1.58. The van der Waals surface area contributed by atoms with Gasteiger partial charge in [-0.2, -0.15) is 0 Å². The smallest absolute Gasteiger partial charge is 0.303 e. The van der Waals surface area contributed by atoms with Crippen molar-refractivity contribution in [2.45, 2.75) is 33.1 Å². The van der Waals surface area contributed by atoms with Crippen LogP contribution in [0.1, 0.15) is 30.1 Å². The number of ketones is 1. The number of hydrogen-bond donors (Lipinski definition) is 2. The maximum absolute atomic E-state index is 11.4. The molecule has 0 amide bonds. The molecule has 0 saturated carbocycles. The normalized spacial score (nSPS) is 10.3. The van der Waals surface area contributed by atoms with E-state index in [1.807, 2.05) is 13.8 Å². The molecule has 0 bridgehead atoms. The Morgan fingerprint density at radius 2 is 2.00 bits per heavy atom. The Bertz CT molecular complexity index is 382. The number of nitrogens with zero attached hydrogens (tertiary/aromatic N) is 1. The van der Waals surface area contributed by atoms with E-state index in [1.54, 1.807) is 0 Å². The van der Waals surface area contributed by atoms with Crippen LogP contribution in [0, 0.1) is 13.8 Å². The number of carboxylic acids is 1. The highest BCUT2D eigenvalue weighted by Gasteiger charge is 2.11. The fraction of sp³-hybridized carbons (Fsp3) is 0.500. The molecular weight excluding hydrogens is 196 g/mol. The first kappa shape index (κ1) is 11.4. The zero-order valence-electron chi connectivity index (χ0n) is 8.83. The van der Waals surface area contributed by atoms with Crippen LogP contribution in [0.5, 0.6) is 0 Å². The van der Waals surface area contributed by atoms with E-state index in [1.165, 1.54) is 0 Å². The molecule has 0 unspecified atom stereocenters. The van der Waals surface area contributed by atoms with Gasteiger partial charge in [0.1, 0.15) is 11.6 Å². The third-order valence-corrected chi connectivity index (χ3v) is 2.09. The third-order valence-electron chi connectivity index (χ3n) is 2.09. The third kappa shape index (κ3) is 3.53. The number of aromatic nitrogens is 2. The summed E-state index contributed by atoms with van der Waals surface area (Å²) in [6.07, 6.45) is 0.172. The fourth-order valence-corrected chi connectivity index (χ4v) is 1.35. The quantitative estimate of drug-likeness (QED) is 0.759. The Kier molecular flexibility index (Phi) is 3.60. The van der Waals surface area contributed by atoms with Crippen molar-refractivity contribution >= 4 is 11.8 Å². The first-order valence-corrected chi connectivity index (χ1v) is 4.74. The SMILES string of the molecule is Cc1nc(CC(=O)CCC(=O)O)c(C)[nH]1. The van der Waals surface area contributed by atoms with Crippen LogP contribution in [0.3, 0.4) is 0 Å². The summed E-state index contributed by atoms with van der Waals surface area (Å²) in [5, 5.41) is 8.41. The first-order valence-electron chi connectivity index (χ1n) is 4.74. The van der Waals surface area contributed by atoms with Crippen LogP contribution in [0.4, 0.5) is 0 Å². The number of carboxylic acid groups (broad SMARTS) is 1. The lowest BCUT2D eigenvalue weighted by atomic mass is 10.1. The summed E-state index contributed by atoms with van der Waals surface area (Å²) in [5.74, 6) is -0.265. The molecule has 0 radical (unpaired) electrons. The number of aryl methyl sites for hydroxylation is 2. The molecule has 0 saturated heterocycles. The van der Waals surface area contributed by atoms with Gasteiger partial charge in [0.05, 0.1) is 18.5 Å². The predicted octanol–water partition coefficient (Wildman–Crippen LogP) is 1.00. The molecule has 0 aliphatic heterocycles. The van der Waals surface area contributed by atoms with E-state index in [4.69, 9.17) is 5.11 Å². The van der Waals surface area contributed by atoms with Crippen LogP contribution in [-0.2, 0) is 16.0 Å². The molecule has 1 rings (SSSR count). The molecule has 1 aromatic rings. The maximum atomic E-state index is 11.4. The Morgan fingerprint density at radius 1 is 1.33 bits per heavy atom. The van der Waals surface area contributed by atoms with Crippen molar-refractivity contribution in [2.75, 3.05) is 0 Å². The molecule has 5 heteroatoms. The van der Waals surface area contributed by atoms with Gasteiger partial charge in [-0.3, -0.25) is 9.59 Å². The molecule has 5 nitrogen and oxygen atoms in total. The maximum Gasteiger partial charge on any atom is 0.303 e. The van der Waals surface area contributed by atoms with Gasteiger partial charge in [0, 0.05) is 12.1 Å². The second-order valence-electron chi connectivity index (χ2n) is 3.50. The highest BCUT2D eigenvalue weighted by Crippen LogP contribution is 2.07. The van der Waals surface area contributed by atoms with Gasteiger partial charge in [-0.05, 0) is 13.8 Å². The van der Waals surface area contributed by atoms with E-state index in [0.717, 1.165) is 11.5 Å². The van der Waals surface area contributed by atoms with Crippen molar-refractivity contribution in [2.24, 2.45) is 0 Å². The molecule has 0 fully saturated rings. The molecule has 0 aliphatic rings. The average molecular weight is 210 g/mol. The topological polar surface area (TPSA) is 83.1 Å². The number of carbonyl (C=O) groups excluding carboxylic acids is 1. The van der Waals surface area contributed by atoms with Crippen molar-refractivity contribution < 1.29 is 14.7 Å². The van der Waals surface area contributed by atoms with Crippen LogP contribution < -0.4 is 0 Å². The van der Waals surface area contributed by atoms with Crippen LogP contribution in [0.15, 0.2) is 0 Å². The largest absolute Gasteiger partial charge is 0.481 e. The number of imidazole rings is 1. The number of H-pyrrole nitrogens is 1. The van der Waals surface area contributed by atoms with Crippen LogP contribution >= 0.6 is 0 Å². The second-order valence-corrected chi connectivity index (χ2v) is 3.50. The van der Waals surface area contributed by atoms with Gasteiger partial charge in [0.25, 0.3) is 0 Å².